The standard InChI is InChI=1S/C12H25N/c1-6-8-9-12(5,7-2)10-13-11(3)4/h7,11,13H,2,6,8-10H2,1,3-5H3. The molecule has 0 amide bonds. The van der Waals surface area contributed by atoms with Crippen LogP contribution < -0.4 is 5.32 Å². The molecule has 0 aromatic rings. The summed E-state index contributed by atoms with van der Waals surface area (Å²) in [7, 11) is 0. The topological polar surface area (TPSA) is 12.0 Å². The van der Waals surface area contributed by atoms with E-state index in [2.05, 4.69) is 45.7 Å². The van der Waals surface area contributed by atoms with Gasteiger partial charge < -0.3 is 5.32 Å². The van der Waals surface area contributed by atoms with Crippen molar-refractivity contribution < 1.29 is 0 Å². The van der Waals surface area contributed by atoms with Crippen LogP contribution in [0.3, 0.4) is 0 Å². The first-order chi connectivity index (χ1) is 6.04. The Hall–Kier alpha value is -0.300. The van der Waals surface area contributed by atoms with Gasteiger partial charge in [-0.05, 0) is 11.8 Å². The Kier molecular flexibility index (Phi) is 6.06. The highest BCUT2D eigenvalue weighted by Gasteiger charge is 2.18. The second-order valence-electron chi connectivity index (χ2n) is 4.50. The molecule has 0 saturated heterocycles. The van der Waals surface area contributed by atoms with Crippen molar-refractivity contribution in [1.82, 2.24) is 5.32 Å². The molecule has 0 aliphatic carbocycles. The lowest BCUT2D eigenvalue weighted by Crippen LogP contribution is -2.34. The van der Waals surface area contributed by atoms with Crippen LogP contribution >= 0.6 is 0 Å². The normalized spacial score (nSPS) is 15.8. The van der Waals surface area contributed by atoms with Crippen LogP contribution in [0.25, 0.3) is 0 Å². The molecule has 0 bridgehead atoms. The predicted molar refractivity (Wildman–Crippen MR) is 61.0 cm³/mol. The summed E-state index contributed by atoms with van der Waals surface area (Å²) in [5.41, 5.74) is 0.278. The van der Waals surface area contributed by atoms with Gasteiger partial charge in [-0.2, -0.15) is 0 Å². The Labute approximate surface area is 83.6 Å². The zero-order chi connectivity index (χ0) is 10.3. The summed E-state index contributed by atoms with van der Waals surface area (Å²) in [6.07, 6.45) is 5.90. The fourth-order valence-corrected chi connectivity index (χ4v) is 1.28. The van der Waals surface area contributed by atoms with Gasteiger partial charge in [-0.15, -0.1) is 6.58 Å². The van der Waals surface area contributed by atoms with Crippen molar-refractivity contribution in [3.8, 4) is 0 Å². The van der Waals surface area contributed by atoms with Gasteiger partial charge in [0.25, 0.3) is 0 Å². The SMILES string of the molecule is C=CC(C)(CCCC)CNC(C)C. The van der Waals surface area contributed by atoms with E-state index >= 15 is 0 Å². The molecule has 0 rings (SSSR count). The van der Waals surface area contributed by atoms with Crippen LogP contribution in [-0.2, 0) is 0 Å². The van der Waals surface area contributed by atoms with E-state index in [0.29, 0.717) is 6.04 Å². The molecule has 0 aliphatic rings. The van der Waals surface area contributed by atoms with Crippen molar-refractivity contribution in [2.75, 3.05) is 6.54 Å². The summed E-state index contributed by atoms with van der Waals surface area (Å²) in [5, 5.41) is 3.47. The summed E-state index contributed by atoms with van der Waals surface area (Å²) in [6, 6.07) is 0.570. The van der Waals surface area contributed by atoms with Crippen LogP contribution in [0.4, 0.5) is 0 Å². The molecule has 1 atom stereocenters. The van der Waals surface area contributed by atoms with Crippen LogP contribution in [0.2, 0.25) is 0 Å². The van der Waals surface area contributed by atoms with E-state index in [9.17, 15) is 0 Å². The highest BCUT2D eigenvalue weighted by atomic mass is 14.9. The molecule has 0 aliphatic heterocycles. The van der Waals surface area contributed by atoms with Gasteiger partial charge in [-0.25, -0.2) is 0 Å². The van der Waals surface area contributed by atoms with Crippen molar-refractivity contribution in [2.45, 2.75) is 53.0 Å². The summed E-state index contributed by atoms with van der Waals surface area (Å²) in [6.45, 7) is 13.9. The van der Waals surface area contributed by atoms with Gasteiger partial charge in [0, 0.05) is 12.6 Å². The van der Waals surface area contributed by atoms with Gasteiger partial charge in [0.15, 0.2) is 0 Å². The largest absolute Gasteiger partial charge is 0.314 e. The van der Waals surface area contributed by atoms with E-state index in [1.54, 1.807) is 0 Å². The van der Waals surface area contributed by atoms with E-state index in [1.165, 1.54) is 19.3 Å². The minimum atomic E-state index is 0.278. The quantitative estimate of drug-likeness (QED) is 0.597. The molecule has 0 spiro atoms. The zero-order valence-electron chi connectivity index (χ0n) is 9.69. The third-order valence-corrected chi connectivity index (χ3v) is 2.51. The molecule has 78 valence electrons. The molecule has 1 nitrogen and oxygen atoms in total. The average Bonchev–Trinajstić information content (AvgIpc) is 2.11. The van der Waals surface area contributed by atoms with Gasteiger partial charge in [-0.3, -0.25) is 0 Å². The molecule has 0 aromatic carbocycles. The Morgan fingerprint density at radius 3 is 2.46 bits per heavy atom. The van der Waals surface area contributed by atoms with Crippen molar-refractivity contribution in [3.05, 3.63) is 12.7 Å². The van der Waals surface area contributed by atoms with Crippen LogP contribution in [0.1, 0.15) is 47.0 Å². The van der Waals surface area contributed by atoms with Crippen molar-refractivity contribution in [1.29, 1.82) is 0 Å². The third kappa shape index (κ3) is 5.87. The molecular formula is C12H25N. The van der Waals surface area contributed by atoms with Crippen LogP contribution in [-0.4, -0.2) is 12.6 Å². The highest BCUT2D eigenvalue weighted by molar-refractivity contribution is 4.93. The Morgan fingerprint density at radius 1 is 1.46 bits per heavy atom. The molecule has 1 heteroatoms. The van der Waals surface area contributed by atoms with Gasteiger partial charge in [0.2, 0.25) is 0 Å². The van der Waals surface area contributed by atoms with Gasteiger partial charge in [0.05, 0.1) is 0 Å². The summed E-state index contributed by atoms with van der Waals surface area (Å²) < 4.78 is 0. The fourth-order valence-electron chi connectivity index (χ4n) is 1.28. The summed E-state index contributed by atoms with van der Waals surface area (Å²) in [4.78, 5) is 0. The number of rotatable bonds is 7. The molecular weight excluding hydrogens is 158 g/mol. The molecule has 0 aromatic heterocycles. The predicted octanol–water partition coefficient (Wildman–Crippen LogP) is 3.37. The molecule has 13 heavy (non-hydrogen) atoms. The first-order valence-electron chi connectivity index (χ1n) is 5.41. The van der Waals surface area contributed by atoms with Crippen LogP contribution in [0.5, 0.6) is 0 Å². The second kappa shape index (κ2) is 6.20. The maximum Gasteiger partial charge on any atom is 0.00421 e. The van der Waals surface area contributed by atoms with Crippen LogP contribution in [0.15, 0.2) is 12.7 Å². The molecule has 1 N–H and O–H groups in total. The molecule has 0 radical (unpaired) electrons. The van der Waals surface area contributed by atoms with Crippen molar-refractivity contribution in [2.24, 2.45) is 5.41 Å². The fraction of sp³-hybridized carbons (Fsp3) is 0.833. The minimum absolute atomic E-state index is 0.278. The smallest absolute Gasteiger partial charge is 0.00421 e. The van der Waals surface area contributed by atoms with E-state index in [0.717, 1.165) is 6.54 Å². The Balaban J connectivity index is 3.88. The second-order valence-corrected chi connectivity index (χ2v) is 4.50. The third-order valence-electron chi connectivity index (χ3n) is 2.51. The van der Waals surface area contributed by atoms with Crippen LogP contribution in [0, 0.1) is 5.41 Å². The van der Waals surface area contributed by atoms with Gasteiger partial charge in [0.1, 0.15) is 0 Å². The minimum Gasteiger partial charge on any atom is -0.314 e. The van der Waals surface area contributed by atoms with E-state index < -0.39 is 0 Å². The monoisotopic (exact) mass is 183 g/mol. The first kappa shape index (κ1) is 12.7. The first-order valence-corrected chi connectivity index (χ1v) is 5.41. The summed E-state index contributed by atoms with van der Waals surface area (Å²) in [5.74, 6) is 0. The maximum absolute atomic E-state index is 3.92. The lowest BCUT2D eigenvalue weighted by molar-refractivity contribution is 0.340. The number of hydrogen-bond acceptors (Lipinski definition) is 1. The Morgan fingerprint density at radius 2 is 2.08 bits per heavy atom. The molecule has 0 saturated carbocycles. The van der Waals surface area contributed by atoms with Gasteiger partial charge in [-0.1, -0.05) is 46.6 Å². The number of nitrogens with one attached hydrogen (secondary N) is 1. The zero-order valence-corrected chi connectivity index (χ0v) is 9.69. The average molecular weight is 183 g/mol. The van der Waals surface area contributed by atoms with Crippen molar-refractivity contribution in [3.63, 3.8) is 0 Å². The van der Waals surface area contributed by atoms with Gasteiger partial charge >= 0.3 is 0 Å². The lowest BCUT2D eigenvalue weighted by atomic mass is 9.85. The molecule has 1 unspecified atom stereocenters. The Bertz CT molecular complexity index is 140. The van der Waals surface area contributed by atoms with Crippen molar-refractivity contribution >= 4 is 0 Å². The lowest BCUT2D eigenvalue weighted by Gasteiger charge is -2.27. The molecule has 0 fully saturated rings. The molecule has 0 heterocycles. The number of hydrogen-bond donors (Lipinski definition) is 1. The maximum atomic E-state index is 3.92. The number of unbranched alkanes of at least 4 members (excludes halogenated alkanes) is 1. The van der Waals surface area contributed by atoms with E-state index in [4.69, 9.17) is 0 Å². The summed E-state index contributed by atoms with van der Waals surface area (Å²) >= 11 is 0. The van der Waals surface area contributed by atoms with E-state index in [1.807, 2.05) is 0 Å². The highest BCUT2D eigenvalue weighted by Crippen LogP contribution is 2.24. The van der Waals surface area contributed by atoms with E-state index in [-0.39, 0.29) is 5.41 Å².